The lowest BCUT2D eigenvalue weighted by molar-refractivity contribution is -0.199. The van der Waals surface area contributed by atoms with E-state index in [4.69, 9.17) is 16.4 Å². The molecule has 29 heavy (non-hydrogen) atoms. The van der Waals surface area contributed by atoms with Crippen LogP contribution in [0.3, 0.4) is 0 Å². The van der Waals surface area contributed by atoms with E-state index in [1.54, 1.807) is 0 Å². The number of aldehydes is 2. The second-order valence-electron chi connectivity index (χ2n) is 6.48. The van der Waals surface area contributed by atoms with Crippen molar-refractivity contribution in [1.82, 2.24) is 9.96 Å². The van der Waals surface area contributed by atoms with E-state index >= 15 is 0 Å². The first kappa shape index (κ1) is 23.0. The van der Waals surface area contributed by atoms with Crippen molar-refractivity contribution in [2.75, 3.05) is 18.6 Å². The number of sulfone groups is 1. The smallest absolute Gasteiger partial charge is 0.329 e. The quantitative estimate of drug-likeness (QED) is 0.553. The van der Waals surface area contributed by atoms with Crippen molar-refractivity contribution in [3.05, 3.63) is 40.8 Å². The first-order chi connectivity index (χ1) is 13.6. The molecule has 1 aromatic rings. The van der Waals surface area contributed by atoms with Gasteiger partial charge in [-0.1, -0.05) is 23.7 Å². The molecular formula is C18H20ClFN2O6S. The van der Waals surface area contributed by atoms with E-state index in [2.05, 4.69) is 0 Å². The molecule has 0 N–H and O–H groups in total. The highest BCUT2D eigenvalue weighted by atomic mass is 35.5. The lowest BCUT2D eigenvalue weighted by Gasteiger charge is -2.42. The zero-order chi connectivity index (χ0) is 21.8. The summed E-state index contributed by atoms with van der Waals surface area (Å²) in [6.45, 7) is 1.15. The summed E-state index contributed by atoms with van der Waals surface area (Å²) in [6.07, 6.45) is 2.25. The molecular weight excluding hydrogens is 427 g/mol. The molecule has 2 unspecified atom stereocenters. The fourth-order valence-electron chi connectivity index (χ4n) is 3.03. The standard InChI is InChI=1S/C18H20ClFN2O6S/c1-12(25)28-22-9-14(13-5-3-6-15(20)18(13)19)16(10-23)21(17(22)11-24)7-4-8-29(2,26)27/h3,5-6,9-11,16-17H,4,7-8H2,1-2H3. The van der Waals surface area contributed by atoms with Crippen molar-refractivity contribution < 1.29 is 32.0 Å². The molecule has 0 saturated carbocycles. The highest BCUT2D eigenvalue weighted by Crippen LogP contribution is 2.34. The van der Waals surface area contributed by atoms with Gasteiger partial charge in [-0.3, -0.25) is 14.5 Å². The summed E-state index contributed by atoms with van der Waals surface area (Å²) < 4.78 is 36.9. The van der Waals surface area contributed by atoms with Gasteiger partial charge in [0.2, 0.25) is 0 Å². The summed E-state index contributed by atoms with van der Waals surface area (Å²) in [5.74, 6) is -1.61. The molecule has 0 amide bonds. The van der Waals surface area contributed by atoms with E-state index in [-0.39, 0.29) is 34.9 Å². The molecule has 1 heterocycles. The number of benzene rings is 1. The summed E-state index contributed by atoms with van der Waals surface area (Å²) in [5, 5.41) is 0.695. The van der Waals surface area contributed by atoms with Crippen LogP contribution in [0.2, 0.25) is 5.02 Å². The fourth-order valence-corrected chi connectivity index (χ4v) is 3.92. The Morgan fingerprint density at radius 3 is 2.55 bits per heavy atom. The van der Waals surface area contributed by atoms with Gasteiger partial charge < -0.3 is 9.63 Å². The van der Waals surface area contributed by atoms with E-state index in [0.717, 1.165) is 24.3 Å². The minimum atomic E-state index is -3.27. The molecule has 1 aromatic carbocycles. The highest BCUT2D eigenvalue weighted by molar-refractivity contribution is 7.90. The van der Waals surface area contributed by atoms with Crippen molar-refractivity contribution in [1.29, 1.82) is 0 Å². The van der Waals surface area contributed by atoms with Gasteiger partial charge in [-0.05, 0) is 12.5 Å². The van der Waals surface area contributed by atoms with Crippen LogP contribution in [-0.4, -0.2) is 67.7 Å². The van der Waals surface area contributed by atoms with Crippen LogP contribution in [0.25, 0.3) is 5.57 Å². The maximum absolute atomic E-state index is 14.0. The summed E-state index contributed by atoms with van der Waals surface area (Å²) in [4.78, 5) is 41.5. The minimum absolute atomic E-state index is 0.0158. The van der Waals surface area contributed by atoms with Gasteiger partial charge in [0.15, 0.2) is 12.5 Å². The van der Waals surface area contributed by atoms with Crippen LogP contribution in [0.4, 0.5) is 4.39 Å². The third-order valence-electron chi connectivity index (χ3n) is 4.22. The number of rotatable bonds is 8. The molecule has 2 rings (SSSR count). The maximum Gasteiger partial charge on any atom is 0.329 e. The summed E-state index contributed by atoms with van der Waals surface area (Å²) in [7, 11) is -3.27. The van der Waals surface area contributed by atoms with Crippen LogP contribution >= 0.6 is 11.6 Å². The lowest BCUT2D eigenvalue weighted by atomic mass is 9.96. The number of halogens is 2. The second kappa shape index (κ2) is 9.47. The summed E-state index contributed by atoms with van der Waals surface area (Å²) in [5.41, 5.74) is 0.376. The van der Waals surface area contributed by atoms with Gasteiger partial charge >= 0.3 is 5.97 Å². The predicted octanol–water partition coefficient (Wildman–Crippen LogP) is 1.44. The molecule has 0 aromatic heterocycles. The topological polar surface area (TPSA) is 101 Å². The number of carbonyl (C=O) groups excluding carboxylic acids is 3. The highest BCUT2D eigenvalue weighted by Gasteiger charge is 2.39. The van der Waals surface area contributed by atoms with E-state index < -0.39 is 33.8 Å². The van der Waals surface area contributed by atoms with Crippen molar-refractivity contribution in [3.8, 4) is 0 Å². The van der Waals surface area contributed by atoms with Crippen molar-refractivity contribution >= 4 is 45.6 Å². The van der Waals surface area contributed by atoms with Crippen molar-refractivity contribution in [2.24, 2.45) is 0 Å². The molecule has 8 nitrogen and oxygen atoms in total. The van der Waals surface area contributed by atoms with Crippen LogP contribution in [0.1, 0.15) is 18.9 Å². The third-order valence-corrected chi connectivity index (χ3v) is 5.64. The lowest BCUT2D eigenvalue weighted by Crippen LogP contribution is -2.56. The van der Waals surface area contributed by atoms with Gasteiger partial charge in [0.1, 0.15) is 21.9 Å². The maximum atomic E-state index is 14.0. The molecule has 0 fully saturated rings. The Bertz CT molecular complexity index is 936. The van der Waals surface area contributed by atoms with Gasteiger partial charge in [0.05, 0.1) is 16.8 Å². The van der Waals surface area contributed by atoms with Gasteiger partial charge in [-0.15, -0.1) is 0 Å². The number of nitrogens with zero attached hydrogens (tertiary/aromatic N) is 2. The molecule has 0 aliphatic carbocycles. The normalized spacial score (nSPS) is 20.1. The van der Waals surface area contributed by atoms with Crippen LogP contribution in [0.5, 0.6) is 0 Å². The fraction of sp³-hybridized carbons (Fsp3) is 0.389. The first-order valence-corrected chi connectivity index (χ1v) is 11.0. The van der Waals surface area contributed by atoms with Gasteiger partial charge in [-0.25, -0.2) is 12.8 Å². The average molecular weight is 447 g/mol. The molecule has 1 aliphatic rings. The monoisotopic (exact) mass is 446 g/mol. The largest absolute Gasteiger partial charge is 0.340 e. The number of hydrogen-bond donors (Lipinski definition) is 0. The van der Waals surface area contributed by atoms with Gasteiger partial charge in [0, 0.05) is 37.1 Å². The Balaban J connectivity index is 2.53. The van der Waals surface area contributed by atoms with Crippen LogP contribution < -0.4 is 0 Å². The van der Waals surface area contributed by atoms with E-state index in [1.165, 1.54) is 23.2 Å². The molecule has 2 atom stereocenters. The third kappa shape index (κ3) is 5.62. The molecule has 0 radical (unpaired) electrons. The number of hydroxylamine groups is 2. The molecule has 1 aliphatic heterocycles. The number of carbonyl (C=O) groups is 3. The van der Waals surface area contributed by atoms with Crippen molar-refractivity contribution in [2.45, 2.75) is 25.6 Å². The molecule has 0 saturated heterocycles. The van der Waals surface area contributed by atoms with Crippen molar-refractivity contribution in [3.63, 3.8) is 0 Å². The predicted molar refractivity (Wildman–Crippen MR) is 104 cm³/mol. The zero-order valence-electron chi connectivity index (χ0n) is 15.7. The Kier molecular flexibility index (Phi) is 7.50. The zero-order valence-corrected chi connectivity index (χ0v) is 17.3. The molecule has 0 spiro atoms. The Morgan fingerprint density at radius 1 is 1.31 bits per heavy atom. The molecule has 0 bridgehead atoms. The van der Waals surface area contributed by atoms with E-state index in [1.807, 2.05) is 0 Å². The first-order valence-electron chi connectivity index (χ1n) is 8.56. The van der Waals surface area contributed by atoms with Gasteiger partial charge in [0.25, 0.3) is 0 Å². The minimum Gasteiger partial charge on any atom is -0.340 e. The molecule has 158 valence electrons. The Labute approximate surface area is 172 Å². The Hall–Kier alpha value is -2.30. The second-order valence-corrected chi connectivity index (χ2v) is 9.12. The average Bonchev–Trinajstić information content (AvgIpc) is 2.62. The Morgan fingerprint density at radius 2 is 2.00 bits per heavy atom. The number of hydrogen-bond acceptors (Lipinski definition) is 8. The van der Waals surface area contributed by atoms with Crippen LogP contribution in [0, 0.1) is 5.82 Å². The summed E-state index contributed by atoms with van der Waals surface area (Å²) in [6, 6.07) is 2.98. The summed E-state index contributed by atoms with van der Waals surface area (Å²) >= 11 is 6.06. The van der Waals surface area contributed by atoms with E-state index in [0.29, 0.717) is 12.6 Å². The van der Waals surface area contributed by atoms with Gasteiger partial charge in [-0.2, -0.15) is 5.06 Å². The van der Waals surface area contributed by atoms with Crippen LogP contribution in [-0.2, 0) is 29.1 Å². The van der Waals surface area contributed by atoms with Crippen LogP contribution in [0.15, 0.2) is 24.4 Å². The van der Waals surface area contributed by atoms with E-state index in [9.17, 15) is 27.2 Å². The molecule has 11 heteroatoms. The SMILES string of the molecule is CC(=O)ON1C=C(c2cccc(F)c2Cl)C(C=O)N(CCCS(C)(=O)=O)C1C=O.